The number of carbonyl (C=O) groups excluding carboxylic acids is 1. The number of anilines is 1. The molecule has 2 aromatic heterocycles. The van der Waals surface area contributed by atoms with Crippen LogP contribution in [0.3, 0.4) is 0 Å². The Balaban J connectivity index is 1.62. The van der Waals surface area contributed by atoms with E-state index in [0.717, 1.165) is 4.57 Å². The maximum Gasteiger partial charge on any atom is 0.329 e. The lowest BCUT2D eigenvalue weighted by Gasteiger charge is -2.18. The first kappa shape index (κ1) is 16.7. The van der Waals surface area contributed by atoms with E-state index in [4.69, 9.17) is 0 Å². The van der Waals surface area contributed by atoms with Crippen LogP contribution in [0.25, 0.3) is 0 Å². The highest BCUT2D eigenvalue weighted by atomic mass is 16.2. The van der Waals surface area contributed by atoms with Gasteiger partial charge in [-0.3, -0.25) is 23.9 Å². The monoisotopic (exact) mass is 345 g/mol. The molecule has 2 aromatic rings. The van der Waals surface area contributed by atoms with Gasteiger partial charge in [-0.1, -0.05) is 6.07 Å². The Bertz CT molecular complexity index is 926. The molecule has 132 valence electrons. The molecule has 2 N–H and O–H groups in total. The fourth-order valence-electron chi connectivity index (χ4n) is 2.83. The zero-order valence-electron chi connectivity index (χ0n) is 13.8. The number of pyridine rings is 1. The van der Waals surface area contributed by atoms with Crippen molar-refractivity contribution in [2.75, 3.05) is 18.0 Å². The highest BCUT2D eigenvalue weighted by molar-refractivity contribution is 5.76. The number of hydrogen-bond donors (Lipinski definition) is 2. The molecule has 0 unspecified atom stereocenters. The van der Waals surface area contributed by atoms with Gasteiger partial charge in [0.05, 0.1) is 0 Å². The Labute approximate surface area is 142 Å². The van der Waals surface area contributed by atoms with Crippen LogP contribution in [-0.2, 0) is 18.4 Å². The summed E-state index contributed by atoms with van der Waals surface area (Å²) in [7, 11) is 1.41. The number of rotatable bonds is 4. The highest BCUT2D eigenvalue weighted by Crippen LogP contribution is 2.15. The summed E-state index contributed by atoms with van der Waals surface area (Å²) < 4.78 is 2.33. The lowest BCUT2D eigenvalue weighted by atomic mass is 10.2. The van der Waals surface area contributed by atoms with Crippen molar-refractivity contribution in [2.45, 2.75) is 19.0 Å². The topological polar surface area (TPSA) is 109 Å². The number of nitrogens with one attached hydrogen (secondary N) is 2. The fraction of sp³-hybridized carbons (Fsp3) is 0.375. The Hall–Kier alpha value is -3.10. The SMILES string of the molecule is Cn1c(=O)cc(N2CC[C@H](NC(=O)Cn3ccccc3=O)C2)[nH]c1=O. The van der Waals surface area contributed by atoms with Crippen LogP contribution in [0.15, 0.2) is 44.8 Å². The van der Waals surface area contributed by atoms with E-state index < -0.39 is 5.69 Å². The van der Waals surface area contributed by atoms with Gasteiger partial charge in [0.2, 0.25) is 5.91 Å². The molecule has 1 fully saturated rings. The Kier molecular flexibility index (Phi) is 4.55. The van der Waals surface area contributed by atoms with Gasteiger partial charge in [0.15, 0.2) is 0 Å². The van der Waals surface area contributed by atoms with Gasteiger partial charge in [-0.25, -0.2) is 4.79 Å². The summed E-state index contributed by atoms with van der Waals surface area (Å²) in [5, 5.41) is 2.88. The van der Waals surface area contributed by atoms with Crippen molar-refractivity contribution in [3.8, 4) is 0 Å². The summed E-state index contributed by atoms with van der Waals surface area (Å²) in [6, 6.07) is 5.97. The normalized spacial score (nSPS) is 16.8. The third-order valence-corrected chi connectivity index (χ3v) is 4.24. The minimum Gasteiger partial charge on any atom is -0.356 e. The average Bonchev–Trinajstić information content (AvgIpc) is 3.02. The first-order valence-electron chi connectivity index (χ1n) is 7.94. The van der Waals surface area contributed by atoms with E-state index in [-0.39, 0.29) is 29.6 Å². The molecule has 0 radical (unpaired) electrons. The van der Waals surface area contributed by atoms with Gasteiger partial charge in [-0.2, -0.15) is 0 Å². The van der Waals surface area contributed by atoms with Crippen molar-refractivity contribution in [1.82, 2.24) is 19.4 Å². The van der Waals surface area contributed by atoms with Crippen molar-refractivity contribution in [3.05, 3.63) is 61.7 Å². The van der Waals surface area contributed by atoms with E-state index in [1.807, 2.05) is 4.90 Å². The first-order valence-corrected chi connectivity index (χ1v) is 7.94. The standard InChI is InChI=1S/C16H19N5O4/c1-19-15(24)8-12(18-16(19)25)20-7-5-11(9-20)17-13(22)10-21-6-3-2-4-14(21)23/h2-4,6,8,11H,5,7,9-10H2,1H3,(H,17,22)(H,18,25)/t11-/m0/s1. The summed E-state index contributed by atoms with van der Waals surface area (Å²) in [4.78, 5) is 51.7. The van der Waals surface area contributed by atoms with Gasteiger partial charge in [0.1, 0.15) is 12.4 Å². The van der Waals surface area contributed by atoms with Gasteiger partial charge >= 0.3 is 5.69 Å². The number of carbonyl (C=O) groups is 1. The molecular weight excluding hydrogens is 326 g/mol. The number of H-pyrrole nitrogens is 1. The third kappa shape index (κ3) is 3.70. The van der Waals surface area contributed by atoms with Crippen LogP contribution in [0, 0.1) is 0 Å². The van der Waals surface area contributed by atoms with Gasteiger partial charge < -0.3 is 14.8 Å². The van der Waals surface area contributed by atoms with E-state index in [1.54, 1.807) is 18.3 Å². The van der Waals surface area contributed by atoms with Crippen LogP contribution in [0.1, 0.15) is 6.42 Å². The third-order valence-electron chi connectivity index (χ3n) is 4.24. The quantitative estimate of drug-likeness (QED) is 0.711. The molecule has 1 saturated heterocycles. The van der Waals surface area contributed by atoms with Gasteiger partial charge in [0, 0.05) is 44.5 Å². The molecule has 9 nitrogen and oxygen atoms in total. The predicted octanol–water partition coefficient (Wildman–Crippen LogP) is -1.37. The number of amides is 1. The lowest BCUT2D eigenvalue weighted by molar-refractivity contribution is -0.122. The summed E-state index contributed by atoms with van der Waals surface area (Å²) in [6.07, 6.45) is 2.25. The van der Waals surface area contributed by atoms with Crippen molar-refractivity contribution in [1.29, 1.82) is 0 Å². The largest absolute Gasteiger partial charge is 0.356 e. The minimum atomic E-state index is -0.474. The number of aromatic nitrogens is 3. The molecule has 1 atom stereocenters. The molecule has 0 aromatic carbocycles. The van der Waals surface area contributed by atoms with Crippen LogP contribution in [0.5, 0.6) is 0 Å². The van der Waals surface area contributed by atoms with Crippen LogP contribution < -0.4 is 27.0 Å². The van der Waals surface area contributed by atoms with Gasteiger partial charge in [-0.05, 0) is 12.5 Å². The Morgan fingerprint density at radius 2 is 2.08 bits per heavy atom. The molecule has 3 heterocycles. The van der Waals surface area contributed by atoms with Crippen molar-refractivity contribution >= 4 is 11.7 Å². The molecule has 3 rings (SSSR count). The molecule has 25 heavy (non-hydrogen) atoms. The second-order valence-corrected chi connectivity index (χ2v) is 6.02. The van der Waals surface area contributed by atoms with E-state index in [2.05, 4.69) is 10.3 Å². The Morgan fingerprint density at radius 1 is 1.28 bits per heavy atom. The molecule has 0 aliphatic carbocycles. The van der Waals surface area contributed by atoms with Crippen LogP contribution in [-0.4, -0.2) is 39.2 Å². The van der Waals surface area contributed by atoms with Crippen LogP contribution in [0.4, 0.5) is 5.82 Å². The zero-order chi connectivity index (χ0) is 18.0. The van der Waals surface area contributed by atoms with Gasteiger partial charge in [0.25, 0.3) is 11.1 Å². The summed E-state index contributed by atoms with van der Waals surface area (Å²) in [6.45, 7) is 1.05. The predicted molar refractivity (Wildman–Crippen MR) is 91.8 cm³/mol. The maximum atomic E-state index is 12.1. The lowest BCUT2D eigenvalue weighted by Crippen LogP contribution is -2.41. The van der Waals surface area contributed by atoms with Crippen LogP contribution >= 0.6 is 0 Å². The van der Waals surface area contributed by atoms with Crippen molar-refractivity contribution < 1.29 is 4.79 Å². The molecule has 0 bridgehead atoms. The molecular formula is C16H19N5O4. The average molecular weight is 345 g/mol. The van der Waals surface area contributed by atoms with Crippen molar-refractivity contribution in [2.24, 2.45) is 7.05 Å². The summed E-state index contributed by atoms with van der Waals surface area (Å²) >= 11 is 0. The summed E-state index contributed by atoms with van der Waals surface area (Å²) in [5.74, 6) is 0.196. The van der Waals surface area contributed by atoms with Gasteiger partial charge in [-0.15, -0.1) is 0 Å². The molecule has 0 saturated carbocycles. The molecule has 1 aliphatic rings. The number of nitrogens with zero attached hydrogens (tertiary/aromatic N) is 3. The van der Waals surface area contributed by atoms with Crippen molar-refractivity contribution in [3.63, 3.8) is 0 Å². The second kappa shape index (κ2) is 6.80. The number of aromatic amines is 1. The second-order valence-electron chi connectivity index (χ2n) is 6.02. The van der Waals surface area contributed by atoms with E-state index in [0.29, 0.717) is 25.3 Å². The smallest absolute Gasteiger partial charge is 0.329 e. The number of hydrogen-bond acceptors (Lipinski definition) is 5. The zero-order valence-corrected chi connectivity index (χ0v) is 13.8. The van der Waals surface area contributed by atoms with E-state index in [9.17, 15) is 19.2 Å². The molecule has 0 spiro atoms. The fourth-order valence-corrected chi connectivity index (χ4v) is 2.83. The Morgan fingerprint density at radius 3 is 2.80 bits per heavy atom. The maximum absolute atomic E-state index is 12.1. The highest BCUT2D eigenvalue weighted by Gasteiger charge is 2.25. The van der Waals surface area contributed by atoms with Crippen LogP contribution in [0.2, 0.25) is 0 Å². The molecule has 1 amide bonds. The van der Waals surface area contributed by atoms with E-state index >= 15 is 0 Å². The molecule has 1 aliphatic heterocycles. The van der Waals surface area contributed by atoms with E-state index in [1.165, 1.54) is 23.7 Å². The first-order chi connectivity index (χ1) is 11.9. The minimum absolute atomic E-state index is 0.0428. The summed E-state index contributed by atoms with van der Waals surface area (Å²) in [5.41, 5.74) is -1.09. The molecule has 9 heteroatoms.